The van der Waals surface area contributed by atoms with E-state index in [2.05, 4.69) is 46.9 Å². The van der Waals surface area contributed by atoms with E-state index in [-0.39, 0.29) is 28.9 Å². The molecule has 6 heteroatoms. The Hall–Kier alpha value is -2.11. The van der Waals surface area contributed by atoms with Crippen molar-refractivity contribution in [3.05, 3.63) is 23.3 Å². The lowest BCUT2D eigenvalue weighted by molar-refractivity contribution is -0.143. The Morgan fingerprint density at radius 2 is 1.78 bits per heavy atom. The molecule has 3 rings (SSSR count). The summed E-state index contributed by atoms with van der Waals surface area (Å²) in [5.41, 5.74) is 1.47. The lowest BCUT2D eigenvalue weighted by Gasteiger charge is -2.44. The fraction of sp³-hybridized carbons (Fsp3) is 0.767. The molecule has 0 aromatic heterocycles. The van der Waals surface area contributed by atoms with Crippen LogP contribution in [0.4, 0.5) is 0 Å². The van der Waals surface area contributed by atoms with Crippen LogP contribution in [-0.2, 0) is 19.1 Å². The van der Waals surface area contributed by atoms with Crippen molar-refractivity contribution in [3.63, 3.8) is 0 Å². The molecule has 3 aliphatic rings. The zero-order valence-corrected chi connectivity index (χ0v) is 23.8. The fourth-order valence-corrected chi connectivity index (χ4v) is 6.06. The first kappa shape index (κ1) is 28.5. The number of ether oxygens (including phenoxy) is 1. The Kier molecular flexibility index (Phi) is 8.47. The summed E-state index contributed by atoms with van der Waals surface area (Å²) in [6, 6.07) is -0.166. The molecule has 2 amide bonds. The highest BCUT2D eigenvalue weighted by Gasteiger charge is 2.54. The minimum atomic E-state index is -0.627. The highest BCUT2D eigenvalue weighted by Crippen LogP contribution is 2.45. The van der Waals surface area contributed by atoms with Gasteiger partial charge in [-0.15, -0.1) is 0 Å². The third kappa shape index (κ3) is 6.60. The number of hydrogen-bond donors (Lipinski definition) is 1. The van der Waals surface area contributed by atoms with E-state index in [4.69, 9.17) is 4.74 Å². The second kappa shape index (κ2) is 10.7. The van der Waals surface area contributed by atoms with Gasteiger partial charge in [0.2, 0.25) is 0 Å². The third-order valence-corrected chi connectivity index (χ3v) is 8.19. The maximum atomic E-state index is 13.5. The summed E-state index contributed by atoms with van der Waals surface area (Å²) in [4.78, 5) is 40.7. The summed E-state index contributed by atoms with van der Waals surface area (Å²) in [5, 5.41) is 3.17. The quantitative estimate of drug-likeness (QED) is 0.355. The molecule has 0 aromatic rings. The van der Waals surface area contributed by atoms with Gasteiger partial charge in [-0.1, -0.05) is 53.7 Å². The van der Waals surface area contributed by atoms with Gasteiger partial charge in [-0.05, 0) is 94.0 Å². The average molecular weight is 501 g/mol. The molecule has 1 N–H and O–H groups in total. The Morgan fingerprint density at radius 1 is 1.08 bits per heavy atom. The van der Waals surface area contributed by atoms with Crippen molar-refractivity contribution >= 4 is 17.8 Å². The average Bonchev–Trinajstić information content (AvgIpc) is 2.90. The van der Waals surface area contributed by atoms with Gasteiger partial charge in [0.05, 0.1) is 12.1 Å². The molecule has 36 heavy (non-hydrogen) atoms. The molecule has 3 atom stereocenters. The van der Waals surface area contributed by atoms with Crippen molar-refractivity contribution < 1.29 is 19.1 Å². The number of carbonyl (C=O) groups excluding carboxylic acids is 3. The summed E-state index contributed by atoms with van der Waals surface area (Å²) in [6.45, 7) is 17.2. The molecular formula is C30H48N2O4. The monoisotopic (exact) mass is 500 g/mol. The molecule has 0 radical (unpaired) electrons. The van der Waals surface area contributed by atoms with Crippen molar-refractivity contribution in [2.45, 2.75) is 131 Å². The Bertz CT molecular complexity index is 918. The third-order valence-electron chi connectivity index (χ3n) is 8.19. The first-order valence-corrected chi connectivity index (χ1v) is 13.9. The van der Waals surface area contributed by atoms with Gasteiger partial charge < -0.3 is 15.0 Å². The van der Waals surface area contributed by atoms with E-state index >= 15 is 0 Å². The number of esters is 1. The normalized spacial score (nSPS) is 26.5. The lowest BCUT2D eigenvalue weighted by Crippen LogP contribution is -2.56. The van der Waals surface area contributed by atoms with Gasteiger partial charge in [0.1, 0.15) is 5.66 Å². The van der Waals surface area contributed by atoms with Gasteiger partial charge in [-0.25, -0.2) is 4.79 Å². The molecule has 3 unspecified atom stereocenters. The minimum absolute atomic E-state index is 0.101. The molecule has 2 fully saturated rings. The van der Waals surface area contributed by atoms with E-state index in [1.54, 1.807) is 0 Å². The van der Waals surface area contributed by atoms with Crippen LogP contribution in [0.1, 0.15) is 113 Å². The van der Waals surface area contributed by atoms with E-state index in [1.165, 1.54) is 0 Å². The number of nitrogens with zero attached hydrogens (tertiary/aromatic N) is 1. The molecule has 1 spiro atoms. The van der Waals surface area contributed by atoms with Crippen LogP contribution in [0.15, 0.2) is 23.3 Å². The highest BCUT2D eigenvalue weighted by atomic mass is 16.5. The summed E-state index contributed by atoms with van der Waals surface area (Å²) < 4.78 is 5.39. The molecule has 1 aliphatic heterocycles. The zero-order valence-electron chi connectivity index (χ0n) is 23.8. The molecular weight excluding hydrogens is 452 g/mol. The maximum Gasteiger partial charge on any atom is 0.334 e. The van der Waals surface area contributed by atoms with Gasteiger partial charge in [0.15, 0.2) is 0 Å². The predicted octanol–water partition coefficient (Wildman–Crippen LogP) is 6.06. The summed E-state index contributed by atoms with van der Waals surface area (Å²) in [7, 11) is 0. The Morgan fingerprint density at radius 3 is 2.33 bits per heavy atom. The largest absolute Gasteiger partial charge is 0.460 e. The van der Waals surface area contributed by atoms with E-state index in [9.17, 15) is 14.4 Å². The standard InChI is InChI=1S/C30H48N2O4/c1-20(2)36-27(35)22-13-11-21(12-14-22)24(16-18-28(3,4)5)32-26(34)25(33)31-30(32)17-9-10-23(15-19-30)29(6,7)8/h11,13,20,23-24H,9-10,12,14-19H2,1-8H3,(H,31,33). The number of allylic oxidation sites excluding steroid dienone is 2. The van der Waals surface area contributed by atoms with Crippen LogP contribution in [0, 0.1) is 16.7 Å². The molecule has 1 saturated carbocycles. The molecule has 0 bridgehead atoms. The molecule has 1 heterocycles. The SMILES string of the molecule is CC(C)OC(=O)C1=CC=C(C(CCC(C)(C)C)N2C(=O)C(=O)NC23CCCC(C(C)(C)C)CC3)CC1. The van der Waals surface area contributed by atoms with Crippen LogP contribution in [0.5, 0.6) is 0 Å². The summed E-state index contributed by atoms with van der Waals surface area (Å²) in [6.07, 6.45) is 11.4. The molecule has 0 aromatic carbocycles. The second-order valence-electron chi connectivity index (χ2n) is 13.7. The van der Waals surface area contributed by atoms with Crippen LogP contribution in [-0.4, -0.2) is 40.5 Å². The number of rotatable bonds is 6. The van der Waals surface area contributed by atoms with E-state index in [0.29, 0.717) is 24.3 Å². The predicted molar refractivity (Wildman–Crippen MR) is 143 cm³/mol. The van der Waals surface area contributed by atoms with Crippen LogP contribution >= 0.6 is 0 Å². The second-order valence-corrected chi connectivity index (χ2v) is 13.7. The minimum Gasteiger partial charge on any atom is -0.460 e. The van der Waals surface area contributed by atoms with Crippen molar-refractivity contribution in [1.29, 1.82) is 0 Å². The van der Waals surface area contributed by atoms with Crippen LogP contribution in [0.3, 0.4) is 0 Å². The summed E-state index contributed by atoms with van der Waals surface area (Å²) >= 11 is 0. The van der Waals surface area contributed by atoms with Crippen molar-refractivity contribution in [2.24, 2.45) is 16.7 Å². The van der Waals surface area contributed by atoms with Crippen LogP contribution in [0.25, 0.3) is 0 Å². The van der Waals surface area contributed by atoms with Gasteiger partial charge in [0, 0.05) is 5.57 Å². The van der Waals surface area contributed by atoms with Gasteiger partial charge in [0.25, 0.3) is 0 Å². The topological polar surface area (TPSA) is 75.7 Å². The van der Waals surface area contributed by atoms with E-state index in [1.807, 2.05) is 30.9 Å². The smallest absolute Gasteiger partial charge is 0.334 e. The first-order chi connectivity index (χ1) is 16.6. The van der Waals surface area contributed by atoms with Gasteiger partial charge >= 0.3 is 17.8 Å². The first-order valence-electron chi connectivity index (χ1n) is 13.9. The van der Waals surface area contributed by atoms with Crippen molar-refractivity contribution in [2.75, 3.05) is 0 Å². The number of amides is 2. The van der Waals surface area contributed by atoms with E-state index < -0.39 is 17.5 Å². The number of nitrogens with one attached hydrogen (secondary N) is 1. The van der Waals surface area contributed by atoms with Crippen molar-refractivity contribution in [1.82, 2.24) is 10.2 Å². The Balaban J connectivity index is 1.96. The van der Waals surface area contributed by atoms with Crippen molar-refractivity contribution in [3.8, 4) is 0 Å². The number of hydrogen-bond acceptors (Lipinski definition) is 4. The van der Waals surface area contributed by atoms with Crippen LogP contribution < -0.4 is 5.32 Å². The molecule has 202 valence electrons. The van der Waals surface area contributed by atoms with Crippen LogP contribution in [0.2, 0.25) is 0 Å². The fourth-order valence-electron chi connectivity index (χ4n) is 6.06. The zero-order chi connectivity index (χ0) is 26.9. The molecule has 2 aliphatic carbocycles. The van der Waals surface area contributed by atoms with E-state index in [0.717, 1.165) is 50.5 Å². The van der Waals surface area contributed by atoms with Gasteiger partial charge in [-0.2, -0.15) is 0 Å². The van der Waals surface area contributed by atoms with Gasteiger partial charge in [-0.3, -0.25) is 9.59 Å². The molecule has 1 saturated heterocycles. The number of carbonyl (C=O) groups is 3. The Labute approximate surface area is 218 Å². The molecule has 6 nitrogen and oxygen atoms in total. The highest BCUT2D eigenvalue weighted by molar-refractivity contribution is 6.37. The lowest BCUT2D eigenvalue weighted by atomic mass is 9.76. The summed E-state index contributed by atoms with van der Waals surface area (Å²) in [5.74, 6) is -0.587. The maximum absolute atomic E-state index is 13.5.